The molecule has 3 aliphatic rings. The normalized spacial score (nSPS) is 25.6. The Bertz CT molecular complexity index is 715. The van der Waals surface area contributed by atoms with Crippen molar-refractivity contribution in [1.82, 2.24) is 9.80 Å². The van der Waals surface area contributed by atoms with E-state index in [0.717, 1.165) is 57.1 Å². The highest BCUT2D eigenvalue weighted by atomic mass is 16.6. The van der Waals surface area contributed by atoms with Gasteiger partial charge in [0.25, 0.3) is 0 Å². The van der Waals surface area contributed by atoms with Gasteiger partial charge in [0.2, 0.25) is 5.91 Å². The minimum atomic E-state index is 0.0738. The quantitative estimate of drug-likeness (QED) is 0.819. The summed E-state index contributed by atoms with van der Waals surface area (Å²) in [6.45, 7) is 9.95. The van der Waals surface area contributed by atoms with E-state index >= 15 is 0 Å². The highest BCUT2D eigenvalue weighted by molar-refractivity contribution is 5.78. The zero-order chi connectivity index (χ0) is 20.4. The van der Waals surface area contributed by atoms with Crippen LogP contribution in [-0.4, -0.2) is 66.8 Å². The number of carbonyl (C=O) groups excluding carboxylic acids is 1. The number of nitrogens with zero attached hydrogens (tertiary/aromatic N) is 2. The molecule has 0 radical (unpaired) electrons. The third kappa shape index (κ3) is 4.53. The molecule has 1 aromatic rings. The van der Waals surface area contributed by atoms with E-state index in [9.17, 15) is 9.90 Å². The van der Waals surface area contributed by atoms with Gasteiger partial charge in [0.1, 0.15) is 13.2 Å². The molecule has 6 nitrogen and oxygen atoms in total. The number of ether oxygens (including phenoxy) is 2. The lowest BCUT2D eigenvalue weighted by Crippen LogP contribution is -2.43. The van der Waals surface area contributed by atoms with Crippen LogP contribution in [0.4, 0.5) is 0 Å². The van der Waals surface area contributed by atoms with Crippen molar-refractivity contribution in [2.24, 2.45) is 23.7 Å². The molecule has 160 valence electrons. The minimum Gasteiger partial charge on any atom is -0.486 e. The summed E-state index contributed by atoms with van der Waals surface area (Å²) in [4.78, 5) is 16.7. The molecule has 0 aromatic heterocycles. The third-order valence-electron chi connectivity index (χ3n) is 6.77. The fourth-order valence-corrected chi connectivity index (χ4v) is 5.20. The predicted molar refractivity (Wildman–Crippen MR) is 111 cm³/mol. The number of likely N-dealkylation sites (tertiary alicyclic amines) is 2. The van der Waals surface area contributed by atoms with E-state index in [4.69, 9.17) is 9.47 Å². The second kappa shape index (κ2) is 8.92. The Balaban J connectivity index is 1.35. The van der Waals surface area contributed by atoms with E-state index in [1.807, 2.05) is 24.8 Å². The van der Waals surface area contributed by atoms with Gasteiger partial charge in [-0.3, -0.25) is 9.69 Å². The summed E-state index contributed by atoms with van der Waals surface area (Å²) in [7, 11) is 0. The summed E-state index contributed by atoms with van der Waals surface area (Å²) in [5.74, 6) is 3.44. The maximum absolute atomic E-state index is 12.3. The molecule has 0 unspecified atom stereocenters. The first-order valence-corrected chi connectivity index (χ1v) is 11.1. The fraction of sp³-hybridized carbons (Fsp3) is 0.696. The van der Waals surface area contributed by atoms with Gasteiger partial charge in [-0.25, -0.2) is 0 Å². The minimum absolute atomic E-state index is 0.0738. The molecule has 1 amide bonds. The number of piperidine rings is 1. The summed E-state index contributed by atoms with van der Waals surface area (Å²) in [6, 6.07) is 6.21. The van der Waals surface area contributed by atoms with E-state index in [-0.39, 0.29) is 18.4 Å². The van der Waals surface area contributed by atoms with Crippen molar-refractivity contribution in [3.8, 4) is 11.5 Å². The van der Waals surface area contributed by atoms with Crippen molar-refractivity contribution in [3.63, 3.8) is 0 Å². The number of carbonyl (C=O) groups is 1. The van der Waals surface area contributed by atoms with Crippen molar-refractivity contribution in [3.05, 3.63) is 23.8 Å². The lowest BCUT2D eigenvalue weighted by molar-refractivity contribution is -0.136. The predicted octanol–water partition coefficient (Wildman–Crippen LogP) is 2.39. The zero-order valence-corrected chi connectivity index (χ0v) is 17.7. The summed E-state index contributed by atoms with van der Waals surface area (Å²) in [6.07, 6.45) is 2.11. The fourth-order valence-electron chi connectivity index (χ4n) is 5.20. The first-order chi connectivity index (χ1) is 14.0. The molecule has 1 aromatic carbocycles. The first kappa shape index (κ1) is 20.5. The molecule has 2 atom stereocenters. The largest absolute Gasteiger partial charge is 0.486 e. The number of aliphatic hydroxyl groups excluding tert-OH is 1. The molecule has 1 N–H and O–H groups in total. The molecule has 0 aliphatic carbocycles. The third-order valence-corrected chi connectivity index (χ3v) is 6.77. The summed E-state index contributed by atoms with van der Waals surface area (Å²) < 4.78 is 11.3. The Labute approximate surface area is 173 Å². The van der Waals surface area contributed by atoms with Crippen LogP contribution in [-0.2, 0) is 11.3 Å². The van der Waals surface area contributed by atoms with Crippen LogP contribution in [0, 0.1) is 23.7 Å². The standard InChI is InChI=1S/C23H34N2O4/c1-16(2)23(27)25-7-5-18(6-8-25)20-14-24(13-19(20)15-26)12-17-3-4-21-22(11-17)29-10-9-28-21/h3-4,11,16,18-20,26H,5-10,12-15H2,1-2H3/t19-,20-/m0/s1. The Morgan fingerprint density at radius 3 is 2.55 bits per heavy atom. The summed E-state index contributed by atoms with van der Waals surface area (Å²) in [5, 5.41) is 9.99. The molecular formula is C23H34N2O4. The van der Waals surface area contributed by atoms with Crippen LogP contribution in [0.3, 0.4) is 0 Å². The molecule has 4 rings (SSSR count). The van der Waals surface area contributed by atoms with E-state index in [1.54, 1.807) is 0 Å². The van der Waals surface area contributed by atoms with Gasteiger partial charge < -0.3 is 19.5 Å². The average molecular weight is 403 g/mol. The highest BCUT2D eigenvalue weighted by Crippen LogP contribution is 2.37. The number of hydrogen-bond acceptors (Lipinski definition) is 5. The lowest BCUT2D eigenvalue weighted by Gasteiger charge is -2.37. The van der Waals surface area contributed by atoms with E-state index < -0.39 is 0 Å². The summed E-state index contributed by atoms with van der Waals surface area (Å²) >= 11 is 0. The number of rotatable bonds is 5. The van der Waals surface area contributed by atoms with Gasteiger partial charge in [0.15, 0.2) is 11.5 Å². The van der Waals surface area contributed by atoms with E-state index in [2.05, 4.69) is 17.0 Å². The van der Waals surface area contributed by atoms with Gasteiger partial charge in [-0.05, 0) is 48.3 Å². The van der Waals surface area contributed by atoms with Crippen molar-refractivity contribution in [1.29, 1.82) is 0 Å². The second-order valence-electron chi connectivity index (χ2n) is 9.10. The average Bonchev–Trinajstić information content (AvgIpc) is 3.16. The van der Waals surface area contributed by atoms with Gasteiger partial charge in [-0.1, -0.05) is 19.9 Å². The number of hydrogen-bond donors (Lipinski definition) is 1. The van der Waals surface area contributed by atoms with Crippen molar-refractivity contribution in [2.45, 2.75) is 33.2 Å². The molecule has 0 saturated carbocycles. The maximum atomic E-state index is 12.3. The van der Waals surface area contributed by atoms with Crippen LogP contribution in [0.25, 0.3) is 0 Å². The molecule has 29 heavy (non-hydrogen) atoms. The van der Waals surface area contributed by atoms with Crippen LogP contribution in [0.2, 0.25) is 0 Å². The highest BCUT2D eigenvalue weighted by Gasteiger charge is 2.39. The van der Waals surface area contributed by atoms with Crippen LogP contribution in [0.1, 0.15) is 32.3 Å². The molecule has 3 aliphatic heterocycles. The van der Waals surface area contributed by atoms with E-state index in [0.29, 0.717) is 31.0 Å². The van der Waals surface area contributed by atoms with E-state index in [1.165, 1.54) is 5.56 Å². The van der Waals surface area contributed by atoms with Gasteiger partial charge in [0.05, 0.1) is 0 Å². The van der Waals surface area contributed by atoms with Crippen LogP contribution in [0.5, 0.6) is 11.5 Å². The Hall–Kier alpha value is -1.79. The number of benzene rings is 1. The Morgan fingerprint density at radius 2 is 1.86 bits per heavy atom. The number of fused-ring (bicyclic) bond motifs is 1. The molecule has 0 bridgehead atoms. The van der Waals surface area contributed by atoms with Crippen LogP contribution in [0.15, 0.2) is 18.2 Å². The maximum Gasteiger partial charge on any atom is 0.225 e. The Kier molecular flexibility index (Phi) is 6.30. The van der Waals surface area contributed by atoms with Gasteiger partial charge in [-0.15, -0.1) is 0 Å². The topological polar surface area (TPSA) is 62.2 Å². The van der Waals surface area contributed by atoms with Crippen molar-refractivity contribution < 1.29 is 19.4 Å². The van der Waals surface area contributed by atoms with Crippen LogP contribution >= 0.6 is 0 Å². The smallest absolute Gasteiger partial charge is 0.225 e. The SMILES string of the molecule is CC(C)C(=O)N1CCC([C@@H]2CN(Cc3ccc4c(c3)OCCO4)C[C@H]2CO)CC1. The van der Waals surface area contributed by atoms with Crippen molar-refractivity contribution >= 4 is 5.91 Å². The monoisotopic (exact) mass is 402 g/mol. The Morgan fingerprint density at radius 1 is 1.14 bits per heavy atom. The number of amides is 1. The molecule has 0 spiro atoms. The molecule has 2 fully saturated rings. The summed E-state index contributed by atoms with van der Waals surface area (Å²) in [5.41, 5.74) is 1.23. The first-order valence-electron chi connectivity index (χ1n) is 11.1. The van der Waals surface area contributed by atoms with Crippen LogP contribution < -0.4 is 9.47 Å². The van der Waals surface area contributed by atoms with Gasteiger partial charge in [-0.2, -0.15) is 0 Å². The molecule has 2 saturated heterocycles. The molecular weight excluding hydrogens is 368 g/mol. The van der Waals surface area contributed by atoms with Gasteiger partial charge >= 0.3 is 0 Å². The second-order valence-corrected chi connectivity index (χ2v) is 9.10. The molecule has 6 heteroatoms. The van der Waals surface area contributed by atoms with Crippen molar-refractivity contribution in [2.75, 3.05) is 46.0 Å². The molecule has 3 heterocycles. The van der Waals surface area contributed by atoms with Gasteiger partial charge in [0, 0.05) is 45.2 Å². The zero-order valence-electron chi connectivity index (χ0n) is 17.7. The number of aliphatic hydroxyl groups is 1. The lowest BCUT2D eigenvalue weighted by atomic mass is 9.78.